The number of ether oxygens (including phenoxy) is 1. The van der Waals surface area contributed by atoms with Crippen LogP contribution in [0.4, 0.5) is 0 Å². The van der Waals surface area contributed by atoms with Crippen LogP contribution in [-0.2, 0) is 4.74 Å². The Morgan fingerprint density at radius 3 is 3.21 bits per heavy atom. The Labute approximate surface area is 117 Å². The Bertz CT molecular complexity index is 495. The van der Waals surface area contributed by atoms with Crippen molar-refractivity contribution in [2.75, 3.05) is 26.7 Å². The summed E-state index contributed by atoms with van der Waals surface area (Å²) in [5, 5.41) is 1.88. The highest BCUT2D eigenvalue weighted by Gasteiger charge is 2.22. The predicted octanol–water partition coefficient (Wildman–Crippen LogP) is 1.31. The molecule has 2 N–H and O–H groups in total. The normalized spacial score (nSPS) is 17.9. The van der Waals surface area contributed by atoms with Crippen LogP contribution < -0.4 is 5.73 Å². The van der Waals surface area contributed by atoms with Gasteiger partial charge in [0.1, 0.15) is 4.88 Å². The number of carbonyl (C=O) groups is 1. The molecule has 1 aromatic heterocycles. The van der Waals surface area contributed by atoms with Crippen molar-refractivity contribution in [1.82, 2.24) is 4.90 Å². The summed E-state index contributed by atoms with van der Waals surface area (Å²) in [5.41, 5.74) is 6.12. The van der Waals surface area contributed by atoms with E-state index in [1.54, 1.807) is 4.90 Å². The summed E-state index contributed by atoms with van der Waals surface area (Å²) in [6.45, 7) is 1.74. The van der Waals surface area contributed by atoms with Crippen LogP contribution >= 0.6 is 11.3 Å². The van der Waals surface area contributed by atoms with Crippen LogP contribution in [0.1, 0.15) is 28.1 Å². The van der Waals surface area contributed by atoms with Crippen LogP contribution in [0.25, 0.3) is 0 Å². The average molecular weight is 278 g/mol. The van der Waals surface area contributed by atoms with Gasteiger partial charge in [0.2, 0.25) is 0 Å². The number of nitrogens with two attached hydrogens (primary N) is 1. The molecule has 0 radical (unpaired) electrons. The standard InChI is InChI=1S/C14H18N2O2S/c1-16(10-12-5-3-8-18-12)14(17)13-11(4-2-7-15)6-9-19-13/h6,9,12H,3,5,7-8,10,15H2,1H3. The third kappa shape index (κ3) is 3.57. The van der Waals surface area contributed by atoms with Crippen molar-refractivity contribution < 1.29 is 9.53 Å². The van der Waals surface area contributed by atoms with E-state index in [-0.39, 0.29) is 12.0 Å². The lowest BCUT2D eigenvalue weighted by Gasteiger charge is -2.20. The number of carbonyl (C=O) groups excluding carboxylic acids is 1. The number of likely N-dealkylation sites (N-methyl/N-ethyl adjacent to an activating group) is 1. The van der Waals surface area contributed by atoms with Crippen molar-refractivity contribution in [2.24, 2.45) is 5.73 Å². The maximum atomic E-state index is 12.4. The summed E-state index contributed by atoms with van der Waals surface area (Å²) < 4.78 is 5.55. The Morgan fingerprint density at radius 2 is 2.53 bits per heavy atom. The SMILES string of the molecule is CN(CC1CCCO1)C(=O)c1sccc1C#CCN. The molecule has 4 nitrogen and oxygen atoms in total. The molecule has 1 fully saturated rings. The molecule has 1 aliphatic heterocycles. The maximum absolute atomic E-state index is 12.4. The van der Waals surface area contributed by atoms with Gasteiger partial charge in [0, 0.05) is 25.8 Å². The summed E-state index contributed by atoms with van der Waals surface area (Å²) >= 11 is 1.42. The molecule has 1 aromatic rings. The van der Waals surface area contributed by atoms with Crippen molar-refractivity contribution in [2.45, 2.75) is 18.9 Å². The molecule has 2 heterocycles. The van der Waals surface area contributed by atoms with Gasteiger partial charge in [0.25, 0.3) is 5.91 Å². The minimum absolute atomic E-state index is 0.00632. The molecule has 19 heavy (non-hydrogen) atoms. The third-order valence-electron chi connectivity index (χ3n) is 3.03. The van der Waals surface area contributed by atoms with Crippen molar-refractivity contribution in [3.05, 3.63) is 21.9 Å². The van der Waals surface area contributed by atoms with Crippen LogP contribution in [0.2, 0.25) is 0 Å². The second-order valence-corrected chi connectivity index (χ2v) is 5.41. The van der Waals surface area contributed by atoms with E-state index >= 15 is 0 Å². The Hall–Kier alpha value is -1.35. The first kappa shape index (κ1) is 14.1. The highest BCUT2D eigenvalue weighted by Crippen LogP contribution is 2.19. The molecule has 5 heteroatoms. The summed E-state index contributed by atoms with van der Waals surface area (Å²) in [5.74, 6) is 5.73. The molecular formula is C14H18N2O2S. The van der Waals surface area contributed by atoms with Crippen molar-refractivity contribution in [3.63, 3.8) is 0 Å². The zero-order chi connectivity index (χ0) is 13.7. The molecule has 1 aliphatic rings. The first-order valence-electron chi connectivity index (χ1n) is 6.36. The Kier molecular flexibility index (Phi) is 4.97. The molecule has 0 aliphatic carbocycles. The fraction of sp³-hybridized carbons (Fsp3) is 0.500. The summed E-state index contributed by atoms with van der Waals surface area (Å²) in [4.78, 5) is 14.8. The van der Waals surface area contributed by atoms with Crippen molar-refractivity contribution >= 4 is 17.2 Å². The minimum Gasteiger partial charge on any atom is -0.376 e. The van der Waals surface area contributed by atoms with E-state index in [1.165, 1.54) is 11.3 Å². The quantitative estimate of drug-likeness (QED) is 0.848. The molecule has 102 valence electrons. The first-order chi connectivity index (χ1) is 9.22. The molecule has 0 saturated carbocycles. The first-order valence-corrected chi connectivity index (χ1v) is 7.24. The number of hydrogen-bond donors (Lipinski definition) is 1. The molecular weight excluding hydrogens is 260 g/mol. The second kappa shape index (κ2) is 6.71. The average Bonchev–Trinajstić information content (AvgIpc) is 3.06. The van der Waals surface area contributed by atoms with Gasteiger partial charge in [-0.15, -0.1) is 11.3 Å². The van der Waals surface area contributed by atoms with Gasteiger partial charge in [-0.3, -0.25) is 4.79 Å². The number of nitrogens with zero attached hydrogens (tertiary/aromatic N) is 1. The lowest BCUT2D eigenvalue weighted by atomic mass is 10.2. The van der Waals surface area contributed by atoms with E-state index in [1.807, 2.05) is 18.5 Å². The highest BCUT2D eigenvalue weighted by molar-refractivity contribution is 7.12. The third-order valence-corrected chi connectivity index (χ3v) is 3.94. The van der Waals surface area contributed by atoms with Crippen LogP contribution in [-0.4, -0.2) is 43.7 Å². The van der Waals surface area contributed by atoms with Gasteiger partial charge in [-0.2, -0.15) is 0 Å². The number of thiophene rings is 1. The van der Waals surface area contributed by atoms with E-state index in [4.69, 9.17) is 10.5 Å². The smallest absolute Gasteiger partial charge is 0.265 e. The Morgan fingerprint density at radius 1 is 1.68 bits per heavy atom. The summed E-state index contributed by atoms with van der Waals surface area (Å²) in [6.07, 6.45) is 2.29. The fourth-order valence-corrected chi connectivity index (χ4v) is 2.91. The summed E-state index contributed by atoms with van der Waals surface area (Å²) in [6, 6.07) is 1.86. The van der Waals surface area contributed by atoms with Gasteiger partial charge in [-0.05, 0) is 24.3 Å². The molecule has 0 aromatic carbocycles. The second-order valence-electron chi connectivity index (χ2n) is 4.49. The fourth-order valence-electron chi connectivity index (χ4n) is 2.07. The minimum atomic E-state index is 0.00632. The molecule has 1 saturated heterocycles. The number of amides is 1. The van der Waals surface area contributed by atoms with E-state index in [0.29, 0.717) is 18.0 Å². The van der Waals surface area contributed by atoms with Crippen LogP contribution in [0.15, 0.2) is 11.4 Å². The van der Waals surface area contributed by atoms with Crippen LogP contribution in [0, 0.1) is 11.8 Å². The number of hydrogen-bond acceptors (Lipinski definition) is 4. The zero-order valence-electron chi connectivity index (χ0n) is 11.0. The van der Waals surface area contributed by atoms with Gasteiger partial charge in [-0.25, -0.2) is 0 Å². The zero-order valence-corrected chi connectivity index (χ0v) is 11.8. The Balaban J connectivity index is 2.03. The highest BCUT2D eigenvalue weighted by atomic mass is 32.1. The molecule has 0 bridgehead atoms. The van der Waals surface area contributed by atoms with E-state index in [9.17, 15) is 4.79 Å². The molecule has 1 unspecified atom stereocenters. The van der Waals surface area contributed by atoms with Crippen molar-refractivity contribution in [3.8, 4) is 11.8 Å². The molecule has 2 rings (SSSR count). The van der Waals surface area contributed by atoms with Crippen molar-refractivity contribution in [1.29, 1.82) is 0 Å². The van der Waals surface area contributed by atoms with Gasteiger partial charge in [0.15, 0.2) is 0 Å². The molecule has 1 atom stereocenters. The van der Waals surface area contributed by atoms with Crippen LogP contribution in [0.5, 0.6) is 0 Å². The summed E-state index contributed by atoms with van der Waals surface area (Å²) in [7, 11) is 1.81. The topological polar surface area (TPSA) is 55.6 Å². The van der Waals surface area contributed by atoms with Gasteiger partial charge < -0.3 is 15.4 Å². The molecule has 0 spiro atoms. The lowest BCUT2D eigenvalue weighted by molar-refractivity contribution is 0.0590. The van der Waals surface area contributed by atoms with E-state index in [0.717, 1.165) is 25.0 Å². The maximum Gasteiger partial charge on any atom is 0.265 e. The largest absolute Gasteiger partial charge is 0.376 e. The van der Waals surface area contributed by atoms with Gasteiger partial charge in [-0.1, -0.05) is 11.8 Å². The van der Waals surface area contributed by atoms with Gasteiger partial charge >= 0.3 is 0 Å². The monoisotopic (exact) mass is 278 g/mol. The predicted molar refractivity (Wildman–Crippen MR) is 76.2 cm³/mol. The van der Waals surface area contributed by atoms with E-state index in [2.05, 4.69) is 11.8 Å². The van der Waals surface area contributed by atoms with Gasteiger partial charge in [0.05, 0.1) is 12.6 Å². The number of rotatable bonds is 3. The van der Waals surface area contributed by atoms with Crippen LogP contribution in [0.3, 0.4) is 0 Å². The molecule has 1 amide bonds. The van der Waals surface area contributed by atoms with E-state index < -0.39 is 0 Å². The lowest BCUT2D eigenvalue weighted by Crippen LogP contribution is -2.33.